The van der Waals surface area contributed by atoms with E-state index < -0.39 is 15.3 Å². The highest BCUT2D eigenvalue weighted by Crippen LogP contribution is 2.16. The third-order valence-electron chi connectivity index (χ3n) is 1.69. The van der Waals surface area contributed by atoms with E-state index in [2.05, 4.69) is 45.7 Å². The molecule has 0 bridgehead atoms. The van der Waals surface area contributed by atoms with Gasteiger partial charge in [0.25, 0.3) is 0 Å². The number of hydrogen-bond donors (Lipinski definition) is 1. The summed E-state index contributed by atoms with van der Waals surface area (Å²) >= 11 is 0. The first kappa shape index (κ1) is 14.7. The average molecular weight is 228 g/mol. The summed E-state index contributed by atoms with van der Waals surface area (Å²) < 4.78 is 5.32. The highest BCUT2D eigenvalue weighted by Gasteiger charge is 2.07. The summed E-state index contributed by atoms with van der Waals surface area (Å²) in [6, 6.07) is 0. The zero-order valence-electron chi connectivity index (χ0n) is 10.6. The third-order valence-corrected chi connectivity index (χ3v) is 2.55. The van der Waals surface area contributed by atoms with Crippen molar-refractivity contribution in [3.05, 3.63) is 0 Å². The van der Waals surface area contributed by atoms with Gasteiger partial charge in [-0.2, -0.15) is 0 Å². The molecule has 88 valence electrons. The van der Waals surface area contributed by atoms with Gasteiger partial charge in [-0.05, 0) is 18.5 Å². The van der Waals surface area contributed by atoms with E-state index in [0.29, 0.717) is 6.42 Å². The van der Waals surface area contributed by atoms with Crippen molar-refractivity contribution in [2.24, 2.45) is 5.41 Å². The Bertz CT molecular complexity index is 220. The minimum absolute atomic E-state index is 0.271. The van der Waals surface area contributed by atoms with Crippen molar-refractivity contribution in [1.82, 2.24) is 0 Å². The molecule has 0 spiro atoms. The maximum absolute atomic E-state index is 9.42. The SMILES string of the molecule is C[SiH](C)OC(O)CCC#CCC(C)(C)C. The second-order valence-corrected chi connectivity index (χ2v) is 7.64. The maximum atomic E-state index is 9.42. The third kappa shape index (κ3) is 11.6. The van der Waals surface area contributed by atoms with Crippen LogP contribution >= 0.6 is 0 Å². The standard InChI is InChI=1S/C12H24O2Si/c1-12(2,3)10-8-6-7-9-11(13)14-15(4)5/h11,13,15H,7,9-10H2,1-5H3. The van der Waals surface area contributed by atoms with Crippen LogP contribution in [0.2, 0.25) is 13.1 Å². The van der Waals surface area contributed by atoms with Crippen molar-refractivity contribution in [2.75, 3.05) is 0 Å². The summed E-state index contributed by atoms with van der Waals surface area (Å²) in [5.74, 6) is 6.20. The predicted molar refractivity (Wildman–Crippen MR) is 67.1 cm³/mol. The zero-order chi connectivity index (χ0) is 11.9. The van der Waals surface area contributed by atoms with Crippen LogP contribution in [0.1, 0.15) is 40.0 Å². The summed E-state index contributed by atoms with van der Waals surface area (Å²) in [7, 11) is -1.11. The first-order valence-electron chi connectivity index (χ1n) is 5.60. The van der Waals surface area contributed by atoms with Crippen molar-refractivity contribution in [2.45, 2.75) is 59.4 Å². The zero-order valence-corrected chi connectivity index (χ0v) is 11.8. The van der Waals surface area contributed by atoms with E-state index in [1.165, 1.54) is 0 Å². The Morgan fingerprint density at radius 2 is 1.87 bits per heavy atom. The quantitative estimate of drug-likeness (QED) is 0.455. The van der Waals surface area contributed by atoms with Gasteiger partial charge in [-0.3, -0.25) is 0 Å². The average Bonchev–Trinajstić information content (AvgIpc) is 1.99. The molecule has 2 nitrogen and oxygen atoms in total. The lowest BCUT2D eigenvalue weighted by Gasteiger charge is -2.13. The first-order chi connectivity index (χ1) is 6.81. The van der Waals surface area contributed by atoms with Gasteiger partial charge in [0.15, 0.2) is 9.04 Å². The molecule has 0 aliphatic heterocycles. The molecule has 0 fully saturated rings. The Balaban J connectivity index is 3.61. The van der Waals surface area contributed by atoms with Crippen LogP contribution in [0.5, 0.6) is 0 Å². The second kappa shape index (κ2) is 7.05. The number of rotatable bonds is 4. The second-order valence-electron chi connectivity index (χ2n) is 5.27. The molecule has 0 aromatic heterocycles. The van der Waals surface area contributed by atoms with Gasteiger partial charge < -0.3 is 9.53 Å². The molecule has 1 N–H and O–H groups in total. The molecule has 0 aromatic rings. The van der Waals surface area contributed by atoms with Crippen LogP contribution in [0.25, 0.3) is 0 Å². The number of hydrogen-bond acceptors (Lipinski definition) is 2. The number of aliphatic hydroxyl groups is 1. The molecule has 0 saturated carbocycles. The van der Waals surface area contributed by atoms with Gasteiger partial charge in [0.2, 0.25) is 0 Å². The van der Waals surface area contributed by atoms with Gasteiger partial charge in [0.05, 0.1) is 0 Å². The Hall–Kier alpha value is -0.303. The molecule has 1 unspecified atom stereocenters. The monoisotopic (exact) mass is 228 g/mol. The summed E-state index contributed by atoms with van der Waals surface area (Å²) in [6.07, 6.45) is 1.64. The minimum atomic E-state index is -1.11. The molecular weight excluding hydrogens is 204 g/mol. The molecule has 0 aromatic carbocycles. The van der Waals surface area contributed by atoms with Crippen molar-refractivity contribution in [3.63, 3.8) is 0 Å². The molecule has 0 aliphatic carbocycles. The first-order valence-corrected chi connectivity index (χ1v) is 8.38. The largest absolute Gasteiger partial charge is 0.396 e. The van der Waals surface area contributed by atoms with E-state index in [9.17, 15) is 5.11 Å². The fraction of sp³-hybridized carbons (Fsp3) is 0.833. The van der Waals surface area contributed by atoms with E-state index in [4.69, 9.17) is 4.43 Å². The van der Waals surface area contributed by atoms with Crippen LogP contribution in [0.3, 0.4) is 0 Å². The van der Waals surface area contributed by atoms with Gasteiger partial charge in [-0.25, -0.2) is 0 Å². The fourth-order valence-corrected chi connectivity index (χ4v) is 1.76. The summed E-state index contributed by atoms with van der Waals surface area (Å²) in [6.45, 7) is 10.6. The van der Waals surface area contributed by atoms with E-state index in [0.717, 1.165) is 12.8 Å². The van der Waals surface area contributed by atoms with Crippen LogP contribution < -0.4 is 0 Å². The molecule has 1 atom stereocenters. The van der Waals surface area contributed by atoms with Crippen molar-refractivity contribution >= 4 is 9.04 Å². The smallest absolute Gasteiger partial charge is 0.174 e. The summed E-state index contributed by atoms with van der Waals surface area (Å²) in [4.78, 5) is 0. The lowest BCUT2D eigenvalue weighted by Crippen LogP contribution is -2.19. The van der Waals surface area contributed by atoms with Gasteiger partial charge in [0, 0.05) is 19.3 Å². The van der Waals surface area contributed by atoms with Crippen molar-refractivity contribution in [1.29, 1.82) is 0 Å². The predicted octanol–water partition coefficient (Wildman–Crippen LogP) is 2.52. The molecule has 0 heterocycles. The van der Waals surface area contributed by atoms with Crippen molar-refractivity contribution < 1.29 is 9.53 Å². The molecule has 15 heavy (non-hydrogen) atoms. The van der Waals surface area contributed by atoms with E-state index in [1.807, 2.05) is 0 Å². The number of aliphatic hydroxyl groups excluding tert-OH is 1. The van der Waals surface area contributed by atoms with Crippen LogP contribution in [0.15, 0.2) is 0 Å². The normalized spacial score (nSPS) is 13.5. The molecule has 0 amide bonds. The Morgan fingerprint density at radius 3 is 2.33 bits per heavy atom. The lowest BCUT2D eigenvalue weighted by molar-refractivity contribution is -0.0233. The topological polar surface area (TPSA) is 29.5 Å². The molecule has 0 saturated heterocycles. The van der Waals surface area contributed by atoms with E-state index in [1.54, 1.807) is 0 Å². The van der Waals surface area contributed by atoms with Crippen molar-refractivity contribution in [3.8, 4) is 11.8 Å². The van der Waals surface area contributed by atoms with E-state index >= 15 is 0 Å². The van der Waals surface area contributed by atoms with E-state index in [-0.39, 0.29) is 5.41 Å². The highest BCUT2D eigenvalue weighted by atomic mass is 28.3. The van der Waals surface area contributed by atoms with Gasteiger partial charge >= 0.3 is 0 Å². The summed E-state index contributed by atoms with van der Waals surface area (Å²) in [5.41, 5.74) is 0.271. The summed E-state index contributed by atoms with van der Waals surface area (Å²) in [5, 5.41) is 9.42. The Morgan fingerprint density at radius 1 is 1.27 bits per heavy atom. The van der Waals surface area contributed by atoms with Gasteiger partial charge in [-0.15, -0.1) is 11.8 Å². The highest BCUT2D eigenvalue weighted by molar-refractivity contribution is 6.48. The van der Waals surface area contributed by atoms with Crippen LogP contribution in [0, 0.1) is 17.3 Å². The van der Waals surface area contributed by atoms with Crippen LogP contribution in [-0.4, -0.2) is 20.4 Å². The Labute approximate surface area is 95.8 Å². The fourth-order valence-electron chi connectivity index (χ4n) is 0.994. The molecule has 3 heteroatoms. The molecular formula is C12H24O2Si. The Kier molecular flexibility index (Phi) is 6.91. The van der Waals surface area contributed by atoms with Crippen LogP contribution in [0.4, 0.5) is 0 Å². The van der Waals surface area contributed by atoms with Gasteiger partial charge in [0.1, 0.15) is 6.29 Å². The molecule has 0 radical (unpaired) electrons. The lowest BCUT2D eigenvalue weighted by atomic mass is 9.93. The van der Waals surface area contributed by atoms with Gasteiger partial charge in [-0.1, -0.05) is 20.8 Å². The molecule has 0 rings (SSSR count). The van der Waals surface area contributed by atoms with Crippen LogP contribution in [-0.2, 0) is 4.43 Å². The maximum Gasteiger partial charge on any atom is 0.174 e. The molecule has 0 aliphatic rings. The minimum Gasteiger partial charge on any atom is -0.396 e.